The first-order valence-corrected chi connectivity index (χ1v) is 7.23. The van der Waals surface area contributed by atoms with E-state index in [1.54, 1.807) is 5.38 Å². The molecule has 0 radical (unpaired) electrons. The Kier molecular flexibility index (Phi) is 3.75. The molecule has 0 aliphatic carbocycles. The molecule has 5 nitrogen and oxygen atoms in total. The molecule has 0 fully saturated rings. The van der Waals surface area contributed by atoms with Crippen LogP contribution in [0, 0.1) is 12.3 Å². The summed E-state index contributed by atoms with van der Waals surface area (Å²) in [6, 6.07) is 5.68. The second-order valence-electron chi connectivity index (χ2n) is 4.42. The van der Waals surface area contributed by atoms with Gasteiger partial charge in [0.1, 0.15) is 5.82 Å². The number of rotatable bonds is 4. The van der Waals surface area contributed by atoms with Gasteiger partial charge in [-0.3, -0.25) is 4.79 Å². The molecular formula is C15H12N2O3S. The molecule has 1 amide bonds. The second kappa shape index (κ2) is 5.85. The van der Waals surface area contributed by atoms with E-state index in [4.69, 9.17) is 15.9 Å². The minimum absolute atomic E-state index is 0.0958. The van der Waals surface area contributed by atoms with Gasteiger partial charge in [0.15, 0.2) is 16.5 Å². The number of carbonyl (C=O) groups is 1. The minimum atomic E-state index is -0.0958. The summed E-state index contributed by atoms with van der Waals surface area (Å²) in [5, 5.41) is 5.01. The van der Waals surface area contributed by atoms with E-state index in [9.17, 15) is 4.79 Å². The Morgan fingerprint density at radius 3 is 3.10 bits per heavy atom. The van der Waals surface area contributed by atoms with E-state index in [0.29, 0.717) is 23.7 Å². The molecule has 0 atom stereocenters. The number of nitrogens with zero attached hydrogens (tertiary/aromatic N) is 1. The highest BCUT2D eigenvalue weighted by Crippen LogP contribution is 2.32. The van der Waals surface area contributed by atoms with Crippen LogP contribution in [0.1, 0.15) is 17.0 Å². The number of anilines is 1. The van der Waals surface area contributed by atoms with E-state index in [2.05, 4.69) is 16.2 Å². The van der Waals surface area contributed by atoms with Crippen LogP contribution in [0.15, 0.2) is 23.6 Å². The molecule has 2 aromatic rings. The zero-order valence-corrected chi connectivity index (χ0v) is 11.9. The Bertz CT molecular complexity index is 718. The zero-order valence-electron chi connectivity index (χ0n) is 11.1. The number of terminal acetylenes is 1. The number of hydrogen-bond acceptors (Lipinski definition) is 5. The summed E-state index contributed by atoms with van der Waals surface area (Å²) < 4.78 is 10.6. The topological polar surface area (TPSA) is 60.5 Å². The quantitative estimate of drug-likeness (QED) is 0.881. The summed E-state index contributed by atoms with van der Waals surface area (Å²) >= 11 is 1.33. The average molecular weight is 300 g/mol. The second-order valence-corrected chi connectivity index (χ2v) is 5.28. The lowest BCUT2D eigenvalue weighted by Crippen LogP contribution is -2.12. The minimum Gasteiger partial charge on any atom is -0.454 e. The number of aryl methyl sites for hydroxylation is 1. The lowest BCUT2D eigenvalue weighted by Gasteiger charge is -2.03. The van der Waals surface area contributed by atoms with Crippen LogP contribution in [0.4, 0.5) is 5.82 Å². The van der Waals surface area contributed by atoms with Crippen molar-refractivity contribution in [3.05, 3.63) is 34.2 Å². The van der Waals surface area contributed by atoms with Crippen molar-refractivity contribution < 1.29 is 14.3 Å². The zero-order chi connectivity index (χ0) is 14.7. The van der Waals surface area contributed by atoms with Crippen LogP contribution >= 0.6 is 11.3 Å². The highest BCUT2D eigenvalue weighted by Gasteiger charge is 2.13. The normalized spacial score (nSPS) is 12.0. The summed E-state index contributed by atoms with van der Waals surface area (Å²) in [6.07, 6.45) is 6.22. The maximum Gasteiger partial charge on any atom is 0.231 e. The van der Waals surface area contributed by atoms with Crippen molar-refractivity contribution >= 4 is 23.1 Å². The first-order chi connectivity index (χ1) is 10.2. The smallest absolute Gasteiger partial charge is 0.231 e. The van der Waals surface area contributed by atoms with Crippen molar-refractivity contribution in [2.45, 2.75) is 12.8 Å². The summed E-state index contributed by atoms with van der Waals surface area (Å²) in [4.78, 5) is 15.9. The lowest BCUT2D eigenvalue weighted by atomic mass is 10.1. The molecule has 1 aliphatic heterocycles. The highest BCUT2D eigenvalue weighted by molar-refractivity contribution is 7.10. The maximum absolute atomic E-state index is 11.9. The van der Waals surface area contributed by atoms with Crippen LogP contribution in [-0.2, 0) is 11.2 Å². The largest absolute Gasteiger partial charge is 0.454 e. The Labute approximate surface area is 125 Å². The number of hydrogen-bond donors (Lipinski definition) is 1. The number of carbonyl (C=O) groups excluding carboxylic acids is 1. The molecule has 1 aliphatic rings. The fourth-order valence-electron chi connectivity index (χ4n) is 1.96. The van der Waals surface area contributed by atoms with Crippen molar-refractivity contribution in [2.75, 3.05) is 12.1 Å². The molecule has 0 saturated heterocycles. The number of thiazole rings is 1. The van der Waals surface area contributed by atoms with Gasteiger partial charge in [0.2, 0.25) is 12.7 Å². The van der Waals surface area contributed by atoms with Gasteiger partial charge in [-0.1, -0.05) is 6.07 Å². The number of amides is 1. The molecular weight excluding hydrogens is 288 g/mol. The van der Waals surface area contributed by atoms with E-state index in [0.717, 1.165) is 17.1 Å². The van der Waals surface area contributed by atoms with E-state index < -0.39 is 0 Å². The van der Waals surface area contributed by atoms with Gasteiger partial charge in [-0.2, -0.15) is 0 Å². The van der Waals surface area contributed by atoms with Crippen molar-refractivity contribution in [2.24, 2.45) is 0 Å². The SMILES string of the molecule is C#Cc1nc(NC(=O)CCc2ccc3c(c2)OCO3)cs1. The van der Waals surface area contributed by atoms with Crippen LogP contribution in [0.3, 0.4) is 0 Å². The maximum atomic E-state index is 11.9. The Balaban J connectivity index is 1.55. The van der Waals surface area contributed by atoms with E-state index >= 15 is 0 Å². The van der Waals surface area contributed by atoms with Gasteiger partial charge in [-0.25, -0.2) is 4.98 Å². The standard InChI is InChI=1S/C15H12N2O3S/c1-2-15-17-13(8-21-15)16-14(18)6-4-10-3-5-11-12(7-10)20-9-19-11/h1,3,5,7-8H,4,6,9H2,(H,16,18). The van der Waals surface area contributed by atoms with Crippen molar-refractivity contribution in [3.8, 4) is 23.8 Å². The Hall–Kier alpha value is -2.52. The first kappa shape index (κ1) is 13.5. The predicted molar refractivity (Wildman–Crippen MR) is 79.6 cm³/mol. The van der Waals surface area contributed by atoms with Gasteiger partial charge < -0.3 is 14.8 Å². The van der Waals surface area contributed by atoms with Gasteiger partial charge in [-0.15, -0.1) is 17.8 Å². The Morgan fingerprint density at radius 1 is 1.43 bits per heavy atom. The van der Waals surface area contributed by atoms with Crippen molar-refractivity contribution in [3.63, 3.8) is 0 Å². The van der Waals surface area contributed by atoms with Gasteiger partial charge in [0, 0.05) is 11.8 Å². The summed E-state index contributed by atoms with van der Waals surface area (Å²) in [5.74, 6) is 4.31. The van der Waals surface area contributed by atoms with Crippen LogP contribution in [0.2, 0.25) is 0 Å². The summed E-state index contributed by atoms with van der Waals surface area (Å²) in [7, 11) is 0. The van der Waals surface area contributed by atoms with Crippen LogP contribution < -0.4 is 14.8 Å². The summed E-state index contributed by atoms with van der Waals surface area (Å²) in [5.41, 5.74) is 1.02. The third-order valence-corrected chi connectivity index (χ3v) is 3.75. The van der Waals surface area contributed by atoms with Crippen LogP contribution in [0.25, 0.3) is 0 Å². The molecule has 21 heavy (non-hydrogen) atoms. The molecule has 0 unspecified atom stereocenters. The monoisotopic (exact) mass is 300 g/mol. The van der Waals surface area contributed by atoms with Gasteiger partial charge >= 0.3 is 0 Å². The molecule has 6 heteroatoms. The number of benzene rings is 1. The molecule has 1 aromatic heterocycles. The fourth-order valence-corrected chi connectivity index (χ4v) is 2.51. The summed E-state index contributed by atoms with van der Waals surface area (Å²) in [6.45, 7) is 0.251. The van der Waals surface area contributed by atoms with Gasteiger partial charge in [0.25, 0.3) is 0 Å². The highest BCUT2D eigenvalue weighted by atomic mass is 32.1. The van der Waals surface area contributed by atoms with Gasteiger partial charge in [-0.05, 0) is 30.0 Å². The predicted octanol–water partition coefficient (Wildman–Crippen LogP) is 2.42. The fraction of sp³-hybridized carbons (Fsp3) is 0.200. The number of aromatic nitrogens is 1. The van der Waals surface area contributed by atoms with E-state index in [-0.39, 0.29) is 12.7 Å². The molecule has 0 saturated carbocycles. The number of ether oxygens (including phenoxy) is 2. The van der Waals surface area contributed by atoms with Crippen LogP contribution in [-0.4, -0.2) is 17.7 Å². The van der Waals surface area contributed by atoms with E-state index in [1.165, 1.54) is 11.3 Å². The molecule has 0 spiro atoms. The first-order valence-electron chi connectivity index (χ1n) is 6.35. The molecule has 106 valence electrons. The Morgan fingerprint density at radius 2 is 2.29 bits per heavy atom. The van der Waals surface area contributed by atoms with Crippen molar-refractivity contribution in [1.82, 2.24) is 4.98 Å². The number of nitrogens with one attached hydrogen (secondary N) is 1. The van der Waals surface area contributed by atoms with Crippen LogP contribution in [0.5, 0.6) is 11.5 Å². The third kappa shape index (κ3) is 3.15. The average Bonchev–Trinajstić information content (AvgIpc) is 3.13. The van der Waals surface area contributed by atoms with Gasteiger partial charge in [0.05, 0.1) is 0 Å². The lowest BCUT2D eigenvalue weighted by molar-refractivity contribution is -0.116. The molecule has 2 heterocycles. The molecule has 0 bridgehead atoms. The molecule has 1 N–H and O–H groups in total. The molecule has 3 rings (SSSR count). The van der Waals surface area contributed by atoms with E-state index in [1.807, 2.05) is 18.2 Å². The third-order valence-electron chi connectivity index (χ3n) is 2.97. The molecule has 1 aromatic carbocycles. The number of fused-ring (bicyclic) bond motifs is 1. The van der Waals surface area contributed by atoms with Crippen molar-refractivity contribution in [1.29, 1.82) is 0 Å².